The quantitative estimate of drug-likeness (QED) is 0.315. The lowest BCUT2D eigenvalue weighted by atomic mass is 10.1. The van der Waals surface area contributed by atoms with Gasteiger partial charge < -0.3 is 5.11 Å². The molecule has 5 heteroatoms. The average molecular weight is 365 g/mol. The van der Waals surface area contributed by atoms with Crippen molar-refractivity contribution in [2.75, 3.05) is 0 Å². The molecule has 1 atom stereocenters. The Balaban J connectivity index is 3.67. The fraction of sp³-hybridized carbons (Fsp3) is 0.882. The number of rotatable bonds is 12. The van der Waals surface area contributed by atoms with Crippen LogP contribution in [-0.4, -0.2) is 24.6 Å². The van der Waals surface area contributed by atoms with Crippen LogP contribution in [0.1, 0.15) is 85.5 Å². The maximum Gasteiger partial charge on any atom is 0.319 e. The molecule has 0 saturated heterocycles. The summed E-state index contributed by atoms with van der Waals surface area (Å²) < 4.78 is -0.0816. The van der Waals surface area contributed by atoms with Crippen molar-refractivity contribution in [1.29, 1.82) is 0 Å². The Morgan fingerprint density at radius 1 is 1.09 bits per heavy atom. The molecule has 0 radical (unpaired) electrons. The summed E-state index contributed by atoms with van der Waals surface area (Å²) in [6.45, 7) is 7.85. The highest BCUT2D eigenvalue weighted by Gasteiger charge is 2.30. The predicted octanol–water partition coefficient (Wildman–Crippen LogP) is 6.52. The topological polar surface area (TPSA) is 37.3 Å². The second-order valence-corrected chi connectivity index (χ2v) is 10.6. The van der Waals surface area contributed by atoms with Crippen molar-refractivity contribution in [2.24, 2.45) is 0 Å². The minimum absolute atomic E-state index is 0.477. The first-order chi connectivity index (χ1) is 10.3. The number of thiocarbonyl (C=S) groups is 1. The van der Waals surface area contributed by atoms with Crippen LogP contribution in [0.5, 0.6) is 0 Å². The highest BCUT2D eigenvalue weighted by Crippen LogP contribution is 2.33. The Morgan fingerprint density at radius 2 is 1.59 bits per heavy atom. The summed E-state index contributed by atoms with van der Waals surface area (Å²) in [4.78, 5) is 11.1. The van der Waals surface area contributed by atoms with Gasteiger partial charge in [0.05, 0.1) is 0 Å². The molecule has 0 rings (SSSR count). The normalized spacial score (nSPS) is 13.1. The number of hydrogen-bond donors (Lipinski definition) is 1. The van der Waals surface area contributed by atoms with Crippen molar-refractivity contribution in [3.8, 4) is 0 Å². The minimum atomic E-state index is -0.831. The van der Waals surface area contributed by atoms with E-state index in [2.05, 4.69) is 13.8 Å². The monoisotopic (exact) mass is 364 g/mol. The van der Waals surface area contributed by atoms with E-state index in [0.29, 0.717) is 5.25 Å². The first kappa shape index (κ1) is 22.3. The summed E-state index contributed by atoms with van der Waals surface area (Å²) >= 11 is 8.26. The fourth-order valence-corrected chi connectivity index (χ4v) is 5.61. The summed E-state index contributed by atoms with van der Waals surface area (Å²) in [6.07, 6.45) is 11.9. The number of carbonyl (C=O) groups is 1. The summed E-state index contributed by atoms with van der Waals surface area (Å²) in [6, 6.07) is 0. The van der Waals surface area contributed by atoms with E-state index in [1.54, 1.807) is 25.6 Å². The van der Waals surface area contributed by atoms with E-state index >= 15 is 0 Å². The number of aliphatic carboxylic acids is 1. The highest BCUT2D eigenvalue weighted by atomic mass is 32.2. The van der Waals surface area contributed by atoms with Crippen molar-refractivity contribution in [1.82, 2.24) is 0 Å². The zero-order valence-corrected chi connectivity index (χ0v) is 17.0. The van der Waals surface area contributed by atoms with Gasteiger partial charge in [0.1, 0.15) is 8.28 Å². The molecule has 1 unspecified atom stereocenters. The van der Waals surface area contributed by atoms with E-state index in [9.17, 15) is 4.79 Å². The molecule has 0 spiro atoms. The van der Waals surface area contributed by atoms with Gasteiger partial charge in [-0.25, -0.2) is 0 Å². The van der Waals surface area contributed by atoms with Gasteiger partial charge >= 0.3 is 5.97 Å². The Bertz CT molecular complexity index is 330. The van der Waals surface area contributed by atoms with Crippen molar-refractivity contribution in [2.45, 2.75) is 95.5 Å². The van der Waals surface area contributed by atoms with Crippen LogP contribution >= 0.6 is 35.7 Å². The van der Waals surface area contributed by atoms with Crippen LogP contribution in [0.3, 0.4) is 0 Å². The lowest BCUT2D eigenvalue weighted by molar-refractivity contribution is -0.138. The molecule has 0 aromatic carbocycles. The maximum absolute atomic E-state index is 11.1. The van der Waals surface area contributed by atoms with E-state index < -0.39 is 10.7 Å². The smallest absolute Gasteiger partial charge is 0.319 e. The lowest BCUT2D eigenvalue weighted by Gasteiger charge is -2.20. The van der Waals surface area contributed by atoms with Crippen molar-refractivity contribution in [3.63, 3.8) is 0 Å². The van der Waals surface area contributed by atoms with Crippen LogP contribution in [0.4, 0.5) is 0 Å². The molecule has 0 heterocycles. The predicted molar refractivity (Wildman–Crippen MR) is 106 cm³/mol. The van der Waals surface area contributed by atoms with Gasteiger partial charge in [-0.15, -0.1) is 11.8 Å². The number of hydrogen-bond acceptors (Lipinski definition) is 4. The Kier molecular flexibility index (Phi) is 12.8. The van der Waals surface area contributed by atoms with E-state index in [4.69, 9.17) is 17.3 Å². The molecule has 0 aliphatic heterocycles. The van der Waals surface area contributed by atoms with E-state index in [-0.39, 0.29) is 0 Å². The molecule has 0 fully saturated rings. The SMILES string of the molecule is CCCCCCCCCCC(C)SC(=S)SC(C)(C)C(=O)O. The van der Waals surface area contributed by atoms with E-state index in [1.165, 1.54) is 63.1 Å². The second kappa shape index (κ2) is 12.7. The summed E-state index contributed by atoms with van der Waals surface area (Å²) in [5.74, 6) is -0.809. The average Bonchev–Trinajstić information content (AvgIpc) is 2.40. The summed E-state index contributed by atoms with van der Waals surface area (Å²) in [5, 5.41) is 9.59. The molecule has 0 amide bonds. The molecule has 22 heavy (non-hydrogen) atoms. The molecule has 0 aromatic heterocycles. The fourth-order valence-electron chi connectivity index (χ4n) is 2.06. The molecular formula is C17H32O2S3. The van der Waals surface area contributed by atoms with Crippen LogP contribution in [-0.2, 0) is 4.79 Å². The maximum atomic E-state index is 11.1. The van der Waals surface area contributed by atoms with Gasteiger partial charge in [-0.2, -0.15) is 0 Å². The van der Waals surface area contributed by atoms with Gasteiger partial charge in [-0.1, -0.05) is 89.2 Å². The Hall–Kier alpha value is 0.260. The molecule has 0 aliphatic rings. The van der Waals surface area contributed by atoms with E-state index in [0.717, 1.165) is 9.95 Å². The van der Waals surface area contributed by atoms with Gasteiger partial charge in [0.15, 0.2) is 0 Å². The molecule has 130 valence electrons. The number of carboxylic acids is 1. The summed E-state index contributed by atoms with van der Waals surface area (Å²) in [5.41, 5.74) is 0. The van der Waals surface area contributed by atoms with Crippen LogP contribution in [0.25, 0.3) is 0 Å². The van der Waals surface area contributed by atoms with Gasteiger partial charge in [0, 0.05) is 5.25 Å². The molecular weight excluding hydrogens is 332 g/mol. The van der Waals surface area contributed by atoms with Crippen LogP contribution in [0.2, 0.25) is 0 Å². The Labute approximate surface area is 150 Å². The van der Waals surface area contributed by atoms with Crippen molar-refractivity contribution < 1.29 is 9.90 Å². The minimum Gasteiger partial charge on any atom is -0.480 e. The van der Waals surface area contributed by atoms with Crippen LogP contribution in [0, 0.1) is 0 Å². The zero-order valence-electron chi connectivity index (χ0n) is 14.5. The van der Waals surface area contributed by atoms with E-state index in [1.807, 2.05) is 0 Å². The second-order valence-electron chi connectivity index (χ2n) is 6.36. The third kappa shape index (κ3) is 11.8. The highest BCUT2D eigenvalue weighted by molar-refractivity contribution is 8.47. The first-order valence-corrected chi connectivity index (χ1v) is 10.5. The van der Waals surface area contributed by atoms with Crippen LogP contribution in [0.15, 0.2) is 0 Å². The zero-order chi connectivity index (χ0) is 17.0. The largest absolute Gasteiger partial charge is 0.480 e. The standard InChI is InChI=1S/C17H32O2S3/c1-5-6-7-8-9-10-11-12-13-14(2)21-16(20)22-17(3,4)15(18)19/h14H,5-13H2,1-4H3,(H,18,19). The number of unbranched alkanes of at least 4 members (excludes halogenated alkanes) is 7. The third-order valence-corrected chi connectivity index (χ3v) is 6.37. The molecule has 0 bridgehead atoms. The molecule has 1 N–H and O–H groups in total. The van der Waals surface area contributed by atoms with Gasteiger partial charge in [-0.05, 0) is 20.3 Å². The van der Waals surface area contributed by atoms with Gasteiger partial charge in [-0.3, -0.25) is 4.79 Å². The molecule has 2 nitrogen and oxygen atoms in total. The third-order valence-electron chi connectivity index (χ3n) is 3.62. The Morgan fingerprint density at radius 3 is 2.09 bits per heavy atom. The van der Waals surface area contributed by atoms with Crippen molar-refractivity contribution >= 4 is 45.2 Å². The first-order valence-electron chi connectivity index (χ1n) is 8.42. The number of carboxylic acid groups (broad SMARTS) is 1. The molecule has 0 aromatic rings. The lowest BCUT2D eigenvalue weighted by Crippen LogP contribution is -2.28. The van der Waals surface area contributed by atoms with Gasteiger partial charge in [0.2, 0.25) is 0 Å². The molecule has 0 aliphatic carbocycles. The van der Waals surface area contributed by atoms with Crippen molar-refractivity contribution in [3.05, 3.63) is 0 Å². The summed E-state index contributed by atoms with van der Waals surface area (Å²) in [7, 11) is 0. The van der Waals surface area contributed by atoms with Crippen LogP contribution < -0.4 is 0 Å². The number of thioether (sulfide) groups is 2. The van der Waals surface area contributed by atoms with Gasteiger partial charge in [0.25, 0.3) is 0 Å². The molecule has 0 saturated carbocycles.